The van der Waals surface area contributed by atoms with Crippen LogP contribution in [0.25, 0.3) is 0 Å². The molecule has 1 fully saturated rings. The summed E-state index contributed by atoms with van der Waals surface area (Å²) in [5.74, 6) is 1.17. The Morgan fingerprint density at radius 2 is 2.10 bits per heavy atom. The Morgan fingerprint density at radius 3 is 2.67 bits per heavy atom. The van der Waals surface area contributed by atoms with Crippen LogP contribution < -0.4 is 10.6 Å². The first-order valence-electron chi connectivity index (χ1n) is 7.74. The molecule has 0 aromatic heterocycles. The maximum Gasteiger partial charge on any atom is 0.224 e. The van der Waals surface area contributed by atoms with Gasteiger partial charge in [-0.05, 0) is 74.9 Å². The molecule has 2 N–H and O–H groups in total. The lowest BCUT2D eigenvalue weighted by atomic mass is 9.85. The highest BCUT2D eigenvalue weighted by Gasteiger charge is 2.22. The molecule has 21 heavy (non-hydrogen) atoms. The molecule has 1 aromatic carbocycles. The van der Waals surface area contributed by atoms with Crippen molar-refractivity contribution in [2.75, 3.05) is 18.4 Å². The molecule has 4 heteroatoms. The van der Waals surface area contributed by atoms with Gasteiger partial charge < -0.3 is 10.6 Å². The number of benzene rings is 1. The fourth-order valence-electron chi connectivity index (χ4n) is 3.05. The number of piperidine rings is 1. The topological polar surface area (TPSA) is 41.1 Å². The summed E-state index contributed by atoms with van der Waals surface area (Å²) in [4.78, 5) is 12.2. The van der Waals surface area contributed by atoms with Gasteiger partial charge in [0, 0.05) is 16.6 Å². The third kappa shape index (κ3) is 4.55. The lowest BCUT2D eigenvalue weighted by molar-refractivity contribution is -0.117. The predicted molar refractivity (Wildman–Crippen MR) is 91.6 cm³/mol. The molecule has 2 atom stereocenters. The van der Waals surface area contributed by atoms with Crippen molar-refractivity contribution in [1.82, 2.24) is 5.32 Å². The second-order valence-electron chi connectivity index (χ2n) is 6.26. The number of hydrogen-bond donors (Lipinski definition) is 2. The van der Waals surface area contributed by atoms with Gasteiger partial charge in [0.15, 0.2) is 0 Å². The molecule has 1 aliphatic heterocycles. The zero-order valence-electron chi connectivity index (χ0n) is 13.1. The number of rotatable bonds is 4. The summed E-state index contributed by atoms with van der Waals surface area (Å²) in [6.45, 7) is 8.44. The molecule has 2 rings (SSSR count). The van der Waals surface area contributed by atoms with Crippen LogP contribution in [0, 0.1) is 25.7 Å². The molecule has 0 spiro atoms. The largest absolute Gasteiger partial charge is 0.326 e. The number of halogens is 1. The Balaban J connectivity index is 1.92. The van der Waals surface area contributed by atoms with Crippen LogP contribution in [0.5, 0.6) is 0 Å². The normalized spacial score (nSPS) is 20.1. The Morgan fingerprint density at radius 1 is 1.43 bits per heavy atom. The molecule has 2 unspecified atom stereocenters. The predicted octanol–water partition coefficient (Wildman–Crippen LogP) is 4.03. The molecule has 0 bridgehead atoms. The standard InChI is InChI=1S/C17H25BrN2O/c1-11(14-5-4-6-19-10-14)9-16(21)20-15-7-12(2)17(18)13(3)8-15/h7-8,11,14,19H,4-6,9-10H2,1-3H3,(H,20,21). The summed E-state index contributed by atoms with van der Waals surface area (Å²) in [5.41, 5.74) is 3.19. The van der Waals surface area contributed by atoms with E-state index in [9.17, 15) is 4.79 Å². The number of carbonyl (C=O) groups excluding carboxylic acids is 1. The van der Waals surface area contributed by atoms with Gasteiger partial charge in [-0.3, -0.25) is 4.79 Å². The van der Waals surface area contributed by atoms with E-state index in [2.05, 4.69) is 33.5 Å². The summed E-state index contributed by atoms with van der Waals surface area (Å²) in [5, 5.41) is 6.46. The Labute approximate surface area is 136 Å². The van der Waals surface area contributed by atoms with Gasteiger partial charge in [0.25, 0.3) is 0 Å². The smallest absolute Gasteiger partial charge is 0.224 e. The molecule has 1 aromatic rings. The van der Waals surface area contributed by atoms with Gasteiger partial charge in [-0.25, -0.2) is 0 Å². The molecule has 0 aliphatic carbocycles. The van der Waals surface area contributed by atoms with E-state index in [1.165, 1.54) is 12.8 Å². The summed E-state index contributed by atoms with van der Waals surface area (Å²) in [6.07, 6.45) is 3.06. The number of hydrogen-bond acceptors (Lipinski definition) is 2. The quantitative estimate of drug-likeness (QED) is 0.858. The van der Waals surface area contributed by atoms with Crippen molar-refractivity contribution in [3.05, 3.63) is 27.7 Å². The second kappa shape index (κ2) is 7.41. The van der Waals surface area contributed by atoms with E-state index in [0.717, 1.165) is 34.4 Å². The molecule has 3 nitrogen and oxygen atoms in total. The van der Waals surface area contributed by atoms with Crippen molar-refractivity contribution in [3.63, 3.8) is 0 Å². The first kappa shape index (κ1) is 16.5. The van der Waals surface area contributed by atoms with E-state index >= 15 is 0 Å². The van der Waals surface area contributed by atoms with Gasteiger partial charge >= 0.3 is 0 Å². The highest BCUT2D eigenvalue weighted by atomic mass is 79.9. The average molecular weight is 353 g/mol. The highest BCUT2D eigenvalue weighted by Crippen LogP contribution is 2.26. The van der Waals surface area contributed by atoms with Gasteiger partial charge in [-0.1, -0.05) is 22.9 Å². The molecule has 1 saturated heterocycles. The second-order valence-corrected chi connectivity index (χ2v) is 7.05. The molecule has 1 amide bonds. The number of amides is 1. The third-order valence-electron chi connectivity index (χ3n) is 4.37. The lowest BCUT2D eigenvalue weighted by Gasteiger charge is -2.28. The molecule has 0 radical (unpaired) electrons. The van der Waals surface area contributed by atoms with Crippen molar-refractivity contribution in [2.24, 2.45) is 11.8 Å². The van der Waals surface area contributed by atoms with Crippen molar-refractivity contribution in [3.8, 4) is 0 Å². The third-order valence-corrected chi connectivity index (χ3v) is 5.62. The van der Waals surface area contributed by atoms with Crippen LogP contribution in [-0.2, 0) is 4.79 Å². The summed E-state index contributed by atoms with van der Waals surface area (Å²) in [6, 6.07) is 4.03. The first-order valence-corrected chi connectivity index (χ1v) is 8.54. The van der Waals surface area contributed by atoms with E-state index < -0.39 is 0 Å². The van der Waals surface area contributed by atoms with Gasteiger partial charge in [0.05, 0.1) is 0 Å². The minimum absolute atomic E-state index is 0.120. The summed E-state index contributed by atoms with van der Waals surface area (Å²) < 4.78 is 1.11. The average Bonchev–Trinajstić information content (AvgIpc) is 2.45. The van der Waals surface area contributed by atoms with Crippen LogP contribution in [-0.4, -0.2) is 19.0 Å². The van der Waals surface area contributed by atoms with E-state index in [1.54, 1.807) is 0 Å². The number of carbonyl (C=O) groups is 1. The molecule has 116 valence electrons. The van der Waals surface area contributed by atoms with Gasteiger partial charge in [-0.2, -0.15) is 0 Å². The minimum Gasteiger partial charge on any atom is -0.326 e. The van der Waals surface area contributed by atoms with Gasteiger partial charge in [0.2, 0.25) is 5.91 Å². The van der Waals surface area contributed by atoms with Crippen LogP contribution in [0.3, 0.4) is 0 Å². The highest BCUT2D eigenvalue weighted by molar-refractivity contribution is 9.10. The zero-order valence-corrected chi connectivity index (χ0v) is 14.7. The van der Waals surface area contributed by atoms with E-state index in [1.807, 2.05) is 26.0 Å². The van der Waals surface area contributed by atoms with Crippen LogP contribution in [0.1, 0.15) is 37.3 Å². The van der Waals surface area contributed by atoms with Crippen molar-refractivity contribution in [2.45, 2.75) is 40.0 Å². The number of aryl methyl sites for hydroxylation is 2. The van der Waals surface area contributed by atoms with Crippen LogP contribution in [0.15, 0.2) is 16.6 Å². The lowest BCUT2D eigenvalue weighted by Crippen LogP contribution is -2.34. The van der Waals surface area contributed by atoms with Gasteiger partial charge in [0.1, 0.15) is 0 Å². The van der Waals surface area contributed by atoms with E-state index in [-0.39, 0.29) is 5.91 Å². The van der Waals surface area contributed by atoms with Crippen molar-refractivity contribution >= 4 is 27.5 Å². The molecule has 1 aliphatic rings. The summed E-state index contributed by atoms with van der Waals surface area (Å²) in [7, 11) is 0. The molecular weight excluding hydrogens is 328 g/mol. The maximum atomic E-state index is 12.2. The van der Waals surface area contributed by atoms with Crippen molar-refractivity contribution in [1.29, 1.82) is 0 Å². The SMILES string of the molecule is Cc1cc(NC(=O)CC(C)C2CCCNC2)cc(C)c1Br. The van der Waals surface area contributed by atoms with E-state index in [4.69, 9.17) is 0 Å². The maximum absolute atomic E-state index is 12.2. The van der Waals surface area contributed by atoms with Crippen LogP contribution in [0.4, 0.5) is 5.69 Å². The minimum atomic E-state index is 0.120. The Bertz CT molecular complexity index is 487. The number of nitrogens with one attached hydrogen (secondary N) is 2. The Hall–Kier alpha value is -0.870. The van der Waals surface area contributed by atoms with Gasteiger partial charge in [-0.15, -0.1) is 0 Å². The Kier molecular flexibility index (Phi) is 5.82. The monoisotopic (exact) mass is 352 g/mol. The van der Waals surface area contributed by atoms with Crippen molar-refractivity contribution < 1.29 is 4.79 Å². The first-order chi connectivity index (χ1) is 9.97. The number of anilines is 1. The van der Waals surface area contributed by atoms with Crippen LogP contribution >= 0.6 is 15.9 Å². The zero-order chi connectivity index (χ0) is 15.4. The van der Waals surface area contributed by atoms with Crippen LogP contribution in [0.2, 0.25) is 0 Å². The fraction of sp³-hybridized carbons (Fsp3) is 0.588. The molecule has 0 saturated carbocycles. The molecular formula is C17H25BrN2O. The molecule has 1 heterocycles. The fourth-order valence-corrected chi connectivity index (χ4v) is 3.28. The van der Waals surface area contributed by atoms with E-state index in [0.29, 0.717) is 18.3 Å². The summed E-state index contributed by atoms with van der Waals surface area (Å²) >= 11 is 3.55.